The van der Waals surface area contributed by atoms with Gasteiger partial charge in [-0.2, -0.15) is 0 Å². The van der Waals surface area contributed by atoms with E-state index in [2.05, 4.69) is 14.9 Å². The van der Waals surface area contributed by atoms with E-state index in [1.807, 2.05) is 24.3 Å². The molecule has 8 nitrogen and oxygen atoms in total. The van der Waals surface area contributed by atoms with Gasteiger partial charge in [0.1, 0.15) is 0 Å². The number of nitrogens with one attached hydrogen (secondary N) is 2. The highest BCUT2D eigenvalue weighted by atomic mass is 32.2. The molecule has 2 aromatic rings. The predicted octanol–water partition coefficient (Wildman–Crippen LogP) is 1.37. The van der Waals surface area contributed by atoms with Crippen LogP contribution in [0.3, 0.4) is 0 Å². The topological polar surface area (TPSA) is 98.8 Å². The smallest absolute Gasteiger partial charge is 0.256 e. The lowest BCUT2D eigenvalue weighted by Crippen LogP contribution is -2.45. The Hall–Kier alpha value is -3.17. The zero-order valence-corrected chi connectivity index (χ0v) is 17.3. The third-order valence-electron chi connectivity index (χ3n) is 5.39. The summed E-state index contributed by atoms with van der Waals surface area (Å²) in [7, 11) is -2.25. The molecule has 0 bridgehead atoms. The van der Waals surface area contributed by atoms with Crippen molar-refractivity contribution in [3.05, 3.63) is 53.6 Å². The second kappa shape index (κ2) is 7.92. The minimum atomic E-state index is -3.60. The first-order valence-corrected chi connectivity index (χ1v) is 11.0. The fourth-order valence-electron chi connectivity index (χ4n) is 3.63. The molecule has 0 unspecified atom stereocenters. The molecule has 0 spiro atoms. The summed E-state index contributed by atoms with van der Waals surface area (Å²) in [5, 5.41) is 2.77. The van der Waals surface area contributed by atoms with Gasteiger partial charge in [0.05, 0.1) is 4.90 Å². The largest absolute Gasteiger partial charge is 0.368 e. The number of rotatable bonds is 5. The number of piperazine rings is 1. The molecule has 0 atom stereocenters. The van der Waals surface area contributed by atoms with Crippen LogP contribution in [0, 0.1) is 0 Å². The Kier molecular flexibility index (Phi) is 5.31. The monoisotopic (exact) mass is 426 g/mol. The van der Waals surface area contributed by atoms with Gasteiger partial charge in [-0.3, -0.25) is 9.59 Å². The molecule has 0 saturated carbocycles. The first-order valence-electron chi connectivity index (χ1n) is 9.56. The van der Waals surface area contributed by atoms with E-state index in [-0.39, 0.29) is 10.8 Å². The summed E-state index contributed by atoms with van der Waals surface area (Å²) in [4.78, 5) is 27.4. The van der Waals surface area contributed by atoms with Crippen molar-refractivity contribution in [2.75, 3.05) is 43.4 Å². The zero-order valence-electron chi connectivity index (χ0n) is 16.5. The Morgan fingerprint density at radius 3 is 2.37 bits per heavy atom. The van der Waals surface area contributed by atoms with Gasteiger partial charge in [0.2, 0.25) is 16.4 Å². The number of hydrogen-bond donors (Lipinski definition) is 2. The SMILES string of the molecule is CNS(=O)(=O)c1ccc2c(c1)C(=Cc1ccc(N3CCN(C=O)CC3)cc1)C(=O)N2. The number of carbonyl (C=O) groups is 2. The highest BCUT2D eigenvalue weighted by Gasteiger charge is 2.26. The van der Waals surface area contributed by atoms with Crippen molar-refractivity contribution >= 4 is 45.4 Å². The molecule has 2 amide bonds. The molecule has 2 aliphatic heterocycles. The van der Waals surface area contributed by atoms with Crippen LogP contribution < -0.4 is 14.9 Å². The fraction of sp³-hybridized carbons (Fsp3) is 0.238. The Balaban J connectivity index is 1.59. The van der Waals surface area contributed by atoms with Gasteiger partial charge in [-0.05, 0) is 49.0 Å². The first-order chi connectivity index (χ1) is 14.4. The van der Waals surface area contributed by atoms with Crippen molar-refractivity contribution in [1.29, 1.82) is 0 Å². The van der Waals surface area contributed by atoms with Gasteiger partial charge in [0.25, 0.3) is 5.91 Å². The van der Waals surface area contributed by atoms with Gasteiger partial charge in [-0.1, -0.05) is 12.1 Å². The van der Waals surface area contributed by atoms with Crippen LogP contribution in [0.2, 0.25) is 0 Å². The number of nitrogens with zero attached hydrogens (tertiary/aromatic N) is 2. The van der Waals surface area contributed by atoms with E-state index in [9.17, 15) is 18.0 Å². The number of carbonyl (C=O) groups excluding carboxylic acids is 2. The van der Waals surface area contributed by atoms with Crippen molar-refractivity contribution in [2.45, 2.75) is 4.90 Å². The average Bonchev–Trinajstić information content (AvgIpc) is 3.08. The highest BCUT2D eigenvalue weighted by molar-refractivity contribution is 7.89. The number of sulfonamides is 1. The van der Waals surface area contributed by atoms with Crippen LogP contribution in [-0.4, -0.2) is 58.9 Å². The lowest BCUT2D eigenvalue weighted by Gasteiger charge is -2.34. The fourth-order valence-corrected chi connectivity index (χ4v) is 4.38. The molecule has 2 heterocycles. The molecule has 0 aliphatic carbocycles. The standard InChI is InChI=1S/C21H22N4O4S/c1-22-30(28,29)17-6-7-20-18(13-17)19(21(27)23-20)12-15-2-4-16(5-3-15)25-10-8-24(14-26)9-11-25/h2-7,12-14,22H,8-11H2,1H3,(H,23,27). The second-order valence-electron chi connectivity index (χ2n) is 7.15. The number of hydrogen-bond acceptors (Lipinski definition) is 5. The van der Waals surface area contributed by atoms with E-state index in [1.165, 1.54) is 19.2 Å². The Morgan fingerprint density at radius 1 is 1.03 bits per heavy atom. The molecular formula is C21H22N4O4S. The summed E-state index contributed by atoms with van der Waals surface area (Å²) in [6, 6.07) is 12.4. The summed E-state index contributed by atoms with van der Waals surface area (Å²) in [5.41, 5.74) is 3.47. The Bertz CT molecular complexity index is 1120. The molecule has 4 rings (SSSR count). The molecule has 2 aromatic carbocycles. The van der Waals surface area contributed by atoms with E-state index in [0.29, 0.717) is 29.9 Å². The molecule has 1 saturated heterocycles. The minimum absolute atomic E-state index is 0.107. The van der Waals surface area contributed by atoms with Gasteiger partial charge < -0.3 is 15.1 Å². The number of benzene rings is 2. The van der Waals surface area contributed by atoms with Crippen molar-refractivity contribution < 1.29 is 18.0 Å². The average molecular weight is 426 g/mol. The van der Waals surface area contributed by atoms with Crippen LogP contribution in [0.4, 0.5) is 11.4 Å². The van der Waals surface area contributed by atoms with Crippen molar-refractivity contribution in [3.8, 4) is 0 Å². The van der Waals surface area contributed by atoms with E-state index in [0.717, 1.165) is 30.8 Å². The van der Waals surface area contributed by atoms with Gasteiger partial charge in [-0.25, -0.2) is 13.1 Å². The predicted molar refractivity (Wildman–Crippen MR) is 115 cm³/mol. The molecule has 156 valence electrons. The van der Waals surface area contributed by atoms with Crippen LogP contribution in [0.1, 0.15) is 11.1 Å². The summed E-state index contributed by atoms with van der Waals surface area (Å²) in [6.45, 7) is 2.95. The van der Waals surface area contributed by atoms with E-state index in [1.54, 1.807) is 17.0 Å². The molecule has 0 radical (unpaired) electrons. The lowest BCUT2D eigenvalue weighted by atomic mass is 10.0. The van der Waals surface area contributed by atoms with Gasteiger partial charge >= 0.3 is 0 Å². The van der Waals surface area contributed by atoms with Crippen LogP contribution in [-0.2, 0) is 19.6 Å². The molecule has 2 aliphatic rings. The van der Waals surface area contributed by atoms with Crippen molar-refractivity contribution in [1.82, 2.24) is 9.62 Å². The van der Waals surface area contributed by atoms with E-state index >= 15 is 0 Å². The Morgan fingerprint density at radius 2 is 1.73 bits per heavy atom. The van der Waals surface area contributed by atoms with Crippen LogP contribution in [0.25, 0.3) is 11.6 Å². The van der Waals surface area contributed by atoms with Crippen LogP contribution in [0.5, 0.6) is 0 Å². The summed E-state index contributed by atoms with van der Waals surface area (Å²) in [6.07, 6.45) is 2.63. The first kappa shape index (κ1) is 20.1. The molecule has 2 N–H and O–H groups in total. The Labute approximate surface area is 175 Å². The van der Waals surface area contributed by atoms with Crippen LogP contribution in [0.15, 0.2) is 47.4 Å². The van der Waals surface area contributed by atoms with Crippen LogP contribution >= 0.6 is 0 Å². The molecule has 9 heteroatoms. The second-order valence-corrected chi connectivity index (χ2v) is 9.03. The lowest BCUT2D eigenvalue weighted by molar-refractivity contribution is -0.118. The number of fused-ring (bicyclic) bond motifs is 1. The maximum atomic E-state index is 12.5. The third kappa shape index (κ3) is 3.81. The van der Waals surface area contributed by atoms with Gasteiger partial charge in [-0.15, -0.1) is 0 Å². The maximum Gasteiger partial charge on any atom is 0.256 e. The molecule has 1 fully saturated rings. The maximum absolute atomic E-state index is 12.5. The quantitative estimate of drug-likeness (QED) is 0.556. The minimum Gasteiger partial charge on any atom is -0.368 e. The molecule has 30 heavy (non-hydrogen) atoms. The van der Waals surface area contributed by atoms with Gasteiger partial charge in [0, 0.05) is 48.7 Å². The van der Waals surface area contributed by atoms with Gasteiger partial charge in [0.15, 0.2) is 0 Å². The van der Waals surface area contributed by atoms with Crippen molar-refractivity contribution in [2.24, 2.45) is 0 Å². The molecular weight excluding hydrogens is 404 g/mol. The summed E-state index contributed by atoms with van der Waals surface area (Å²) >= 11 is 0. The normalized spacial score (nSPS) is 17.8. The summed E-state index contributed by atoms with van der Waals surface area (Å²) < 4.78 is 26.5. The number of amides is 2. The molecule has 0 aromatic heterocycles. The summed E-state index contributed by atoms with van der Waals surface area (Å²) in [5.74, 6) is -0.266. The van der Waals surface area contributed by atoms with E-state index in [4.69, 9.17) is 0 Å². The number of anilines is 2. The zero-order chi connectivity index (χ0) is 21.3. The van der Waals surface area contributed by atoms with Crippen molar-refractivity contribution in [3.63, 3.8) is 0 Å². The highest BCUT2D eigenvalue weighted by Crippen LogP contribution is 2.35. The van der Waals surface area contributed by atoms with E-state index < -0.39 is 10.0 Å². The third-order valence-corrected chi connectivity index (χ3v) is 6.80.